The molecule has 0 spiro atoms. The van der Waals surface area contributed by atoms with E-state index in [9.17, 15) is 19.7 Å². The molecule has 0 aliphatic heterocycles. The number of nitrogens with zero attached hydrogens (tertiary/aromatic N) is 1. The second kappa shape index (κ2) is 8.61. The lowest BCUT2D eigenvalue weighted by Gasteiger charge is -2.23. The van der Waals surface area contributed by atoms with E-state index >= 15 is 0 Å². The van der Waals surface area contributed by atoms with Crippen LogP contribution in [0.1, 0.15) is 46.4 Å². The molecule has 0 radical (unpaired) electrons. The van der Waals surface area contributed by atoms with Crippen molar-refractivity contribution >= 4 is 17.3 Å². The second-order valence-electron chi connectivity index (χ2n) is 6.78. The van der Waals surface area contributed by atoms with Crippen molar-refractivity contribution in [1.82, 2.24) is 0 Å². The van der Waals surface area contributed by atoms with Crippen LogP contribution in [-0.2, 0) is 0 Å². The van der Waals surface area contributed by atoms with E-state index in [1.54, 1.807) is 31.4 Å². The molecule has 2 aromatic rings. The predicted molar refractivity (Wildman–Crippen MR) is 105 cm³/mol. The minimum Gasteiger partial charge on any atom is -0.497 e. The van der Waals surface area contributed by atoms with Crippen LogP contribution in [0.2, 0.25) is 0 Å². The lowest BCUT2D eigenvalue weighted by Crippen LogP contribution is -2.20. The summed E-state index contributed by atoms with van der Waals surface area (Å²) < 4.78 is 5.11. The maximum absolute atomic E-state index is 12.9. The first kappa shape index (κ1) is 19.5. The van der Waals surface area contributed by atoms with Crippen molar-refractivity contribution < 1.29 is 19.2 Å². The first-order chi connectivity index (χ1) is 13.5. The zero-order chi connectivity index (χ0) is 20.1. The van der Waals surface area contributed by atoms with Gasteiger partial charge in [0.1, 0.15) is 5.75 Å². The van der Waals surface area contributed by atoms with Gasteiger partial charge in [-0.25, -0.2) is 0 Å². The van der Waals surface area contributed by atoms with Gasteiger partial charge >= 0.3 is 0 Å². The van der Waals surface area contributed by atoms with Crippen LogP contribution in [0.4, 0.5) is 5.69 Å². The summed E-state index contributed by atoms with van der Waals surface area (Å²) in [6, 6.07) is 12.5. The van der Waals surface area contributed by atoms with Gasteiger partial charge in [0.25, 0.3) is 5.69 Å². The zero-order valence-electron chi connectivity index (χ0n) is 15.6. The van der Waals surface area contributed by atoms with Gasteiger partial charge < -0.3 is 4.74 Å². The summed E-state index contributed by atoms with van der Waals surface area (Å²) in [5.41, 5.74) is 1.57. The number of rotatable bonds is 7. The van der Waals surface area contributed by atoms with Crippen LogP contribution in [0.25, 0.3) is 0 Å². The van der Waals surface area contributed by atoms with E-state index in [0.29, 0.717) is 22.4 Å². The van der Waals surface area contributed by atoms with E-state index in [0.717, 1.165) is 19.3 Å². The van der Waals surface area contributed by atoms with Crippen LogP contribution < -0.4 is 4.74 Å². The molecule has 28 heavy (non-hydrogen) atoms. The Morgan fingerprint density at radius 2 is 1.71 bits per heavy atom. The second-order valence-corrected chi connectivity index (χ2v) is 6.78. The molecule has 144 valence electrons. The van der Waals surface area contributed by atoms with Gasteiger partial charge in [0, 0.05) is 29.7 Å². The van der Waals surface area contributed by atoms with Crippen molar-refractivity contribution in [1.29, 1.82) is 0 Å². The van der Waals surface area contributed by atoms with Crippen molar-refractivity contribution in [2.24, 2.45) is 5.92 Å². The molecule has 1 aliphatic rings. The topological polar surface area (TPSA) is 86.5 Å². The third kappa shape index (κ3) is 4.34. The van der Waals surface area contributed by atoms with E-state index in [-0.39, 0.29) is 29.6 Å². The highest BCUT2D eigenvalue weighted by Gasteiger charge is 2.27. The van der Waals surface area contributed by atoms with Crippen LogP contribution in [0.3, 0.4) is 0 Å². The number of nitro groups is 1. The monoisotopic (exact) mass is 379 g/mol. The molecule has 6 heteroatoms. The molecule has 0 saturated heterocycles. The fourth-order valence-electron chi connectivity index (χ4n) is 3.45. The molecule has 1 aliphatic carbocycles. The van der Waals surface area contributed by atoms with Gasteiger partial charge in [0.05, 0.1) is 12.0 Å². The third-order valence-electron chi connectivity index (χ3n) is 5.01. The Morgan fingerprint density at radius 1 is 1.07 bits per heavy atom. The van der Waals surface area contributed by atoms with E-state index < -0.39 is 4.92 Å². The maximum Gasteiger partial charge on any atom is 0.269 e. The lowest BCUT2D eigenvalue weighted by molar-refractivity contribution is -0.384. The molecule has 0 saturated carbocycles. The SMILES string of the molecule is COc1ccc(C(=O)C[C@H]2CCCC=C2C(=O)c2ccc([N+](=O)[O-])cc2)cc1. The highest BCUT2D eigenvalue weighted by atomic mass is 16.6. The largest absolute Gasteiger partial charge is 0.497 e. The number of benzene rings is 2. The van der Waals surface area contributed by atoms with Gasteiger partial charge in [0.15, 0.2) is 11.6 Å². The molecule has 2 aromatic carbocycles. The fraction of sp³-hybridized carbons (Fsp3) is 0.273. The summed E-state index contributed by atoms with van der Waals surface area (Å²) in [6.45, 7) is 0. The lowest BCUT2D eigenvalue weighted by atomic mass is 9.80. The van der Waals surface area contributed by atoms with Gasteiger partial charge in [-0.2, -0.15) is 0 Å². The van der Waals surface area contributed by atoms with Gasteiger partial charge in [0.2, 0.25) is 0 Å². The average molecular weight is 379 g/mol. The molecular formula is C22H21NO5. The minimum absolute atomic E-state index is 0.0167. The summed E-state index contributed by atoms with van der Waals surface area (Å²) in [6.07, 6.45) is 4.65. The number of hydrogen-bond acceptors (Lipinski definition) is 5. The Morgan fingerprint density at radius 3 is 2.32 bits per heavy atom. The highest BCUT2D eigenvalue weighted by molar-refractivity contribution is 6.10. The summed E-state index contributed by atoms with van der Waals surface area (Å²) in [5, 5.41) is 10.8. The molecule has 0 N–H and O–H groups in total. The van der Waals surface area contributed by atoms with Gasteiger partial charge in [-0.05, 0) is 67.2 Å². The molecular weight excluding hydrogens is 358 g/mol. The first-order valence-electron chi connectivity index (χ1n) is 9.16. The molecule has 0 amide bonds. The predicted octanol–water partition coefficient (Wildman–Crippen LogP) is 4.79. The Labute approximate surface area is 163 Å². The maximum atomic E-state index is 12.9. The van der Waals surface area contributed by atoms with E-state index in [4.69, 9.17) is 4.74 Å². The minimum atomic E-state index is -0.496. The zero-order valence-corrected chi connectivity index (χ0v) is 15.6. The molecule has 0 heterocycles. The smallest absolute Gasteiger partial charge is 0.269 e. The van der Waals surface area contributed by atoms with Crippen molar-refractivity contribution in [3.63, 3.8) is 0 Å². The van der Waals surface area contributed by atoms with E-state index in [1.807, 2.05) is 6.08 Å². The van der Waals surface area contributed by atoms with E-state index in [1.165, 1.54) is 24.3 Å². The summed E-state index contributed by atoms with van der Waals surface area (Å²) in [5.74, 6) is 0.355. The Bertz CT molecular complexity index is 913. The third-order valence-corrected chi connectivity index (χ3v) is 5.01. The Hall–Kier alpha value is -3.28. The molecule has 1 atom stereocenters. The highest BCUT2D eigenvalue weighted by Crippen LogP contribution is 2.32. The number of methoxy groups -OCH3 is 1. The van der Waals surface area contributed by atoms with E-state index in [2.05, 4.69) is 0 Å². The van der Waals surface area contributed by atoms with Crippen LogP contribution in [0.15, 0.2) is 60.2 Å². The molecule has 0 fully saturated rings. The van der Waals surface area contributed by atoms with Crippen LogP contribution >= 0.6 is 0 Å². The van der Waals surface area contributed by atoms with Crippen molar-refractivity contribution in [3.05, 3.63) is 81.4 Å². The number of hydrogen-bond donors (Lipinski definition) is 0. The summed E-state index contributed by atoms with van der Waals surface area (Å²) in [4.78, 5) is 35.9. The number of allylic oxidation sites excluding steroid dienone is 2. The molecule has 6 nitrogen and oxygen atoms in total. The standard InChI is InChI=1S/C22H21NO5/c1-28-19-12-8-15(9-13-19)21(24)14-17-4-2-3-5-20(17)22(25)16-6-10-18(11-7-16)23(26)27/h5-13,17H,2-4,14H2,1H3/t17-/m1/s1. The first-order valence-corrected chi connectivity index (χ1v) is 9.16. The number of non-ortho nitro benzene ring substituents is 1. The molecule has 0 unspecified atom stereocenters. The van der Waals surface area contributed by atoms with Crippen LogP contribution in [-0.4, -0.2) is 23.6 Å². The number of carbonyl (C=O) groups excluding carboxylic acids is 2. The number of ketones is 2. The quantitative estimate of drug-likeness (QED) is 0.392. The molecule has 3 rings (SSSR count). The fourth-order valence-corrected chi connectivity index (χ4v) is 3.45. The Balaban J connectivity index is 1.75. The normalized spacial score (nSPS) is 16.2. The van der Waals surface area contributed by atoms with Gasteiger partial charge in [-0.1, -0.05) is 6.08 Å². The van der Waals surface area contributed by atoms with Crippen LogP contribution in [0, 0.1) is 16.0 Å². The number of nitro benzene ring substituents is 1. The average Bonchev–Trinajstić information content (AvgIpc) is 2.73. The van der Waals surface area contributed by atoms with Crippen LogP contribution in [0.5, 0.6) is 5.75 Å². The number of carbonyl (C=O) groups is 2. The van der Waals surface area contributed by atoms with Crippen molar-refractivity contribution in [2.75, 3.05) is 7.11 Å². The van der Waals surface area contributed by atoms with Crippen molar-refractivity contribution in [3.8, 4) is 5.75 Å². The Kier molecular flexibility index (Phi) is 5.99. The van der Waals surface area contributed by atoms with Gasteiger partial charge in [-0.3, -0.25) is 19.7 Å². The molecule has 0 aromatic heterocycles. The summed E-state index contributed by atoms with van der Waals surface area (Å²) >= 11 is 0. The van der Waals surface area contributed by atoms with Gasteiger partial charge in [-0.15, -0.1) is 0 Å². The van der Waals surface area contributed by atoms with Crippen molar-refractivity contribution in [2.45, 2.75) is 25.7 Å². The summed E-state index contributed by atoms with van der Waals surface area (Å²) in [7, 11) is 1.57. The number of ether oxygens (including phenoxy) is 1. The number of Topliss-reactive ketones (excluding diaryl/α,β-unsaturated/α-hetero) is 2. The molecule has 0 bridgehead atoms.